The Balaban J connectivity index is 1.89. The molecule has 4 unspecified atom stereocenters. The fraction of sp³-hybridized carbons (Fsp3) is 1.00. The minimum Gasteiger partial charge on any atom is -0.392 e. The molecule has 1 heterocycles. The van der Waals surface area contributed by atoms with Crippen LogP contribution in [-0.2, 0) is 0 Å². The maximum Gasteiger partial charge on any atom is 0.0690 e. The van der Waals surface area contributed by atoms with Gasteiger partial charge in [0.1, 0.15) is 0 Å². The minimum atomic E-state index is -0.131. The van der Waals surface area contributed by atoms with E-state index in [0.29, 0.717) is 6.04 Å². The summed E-state index contributed by atoms with van der Waals surface area (Å²) in [6.07, 6.45) is 5.04. The number of hydrogen-bond donors (Lipinski definition) is 1. The van der Waals surface area contributed by atoms with Crippen LogP contribution in [0.2, 0.25) is 0 Å². The first-order valence-electron chi connectivity index (χ1n) is 6.14. The van der Waals surface area contributed by atoms with E-state index in [4.69, 9.17) is 0 Å². The number of rotatable bonds is 3. The number of nitrogens with zero attached hydrogens (tertiary/aromatic N) is 1. The summed E-state index contributed by atoms with van der Waals surface area (Å²) in [5.74, 6) is 1.89. The van der Waals surface area contributed by atoms with Crippen LogP contribution in [0.4, 0.5) is 0 Å². The third-order valence-electron chi connectivity index (χ3n) is 4.31. The SMILES string of the molecule is CCC(O)C(C)N1CC2CCCC2C1. The lowest BCUT2D eigenvalue weighted by Crippen LogP contribution is -2.40. The summed E-state index contributed by atoms with van der Waals surface area (Å²) in [7, 11) is 0. The Kier molecular flexibility index (Phi) is 3.13. The molecule has 1 aliphatic heterocycles. The Morgan fingerprint density at radius 1 is 1.29 bits per heavy atom. The first kappa shape index (κ1) is 10.4. The van der Waals surface area contributed by atoms with Crippen molar-refractivity contribution >= 4 is 0 Å². The molecule has 0 aromatic heterocycles. The van der Waals surface area contributed by atoms with Gasteiger partial charge in [0.15, 0.2) is 0 Å². The molecule has 2 fully saturated rings. The molecule has 0 bridgehead atoms. The summed E-state index contributed by atoms with van der Waals surface area (Å²) in [5, 5.41) is 9.81. The molecule has 0 amide bonds. The Morgan fingerprint density at radius 3 is 2.36 bits per heavy atom. The summed E-state index contributed by atoms with van der Waals surface area (Å²) < 4.78 is 0. The van der Waals surface area contributed by atoms with E-state index in [1.54, 1.807) is 0 Å². The number of hydrogen-bond acceptors (Lipinski definition) is 2. The second-order valence-electron chi connectivity index (χ2n) is 5.12. The lowest BCUT2D eigenvalue weighted by atomic mass is 10.0. The van der Waals surface area contributed by atoms with Crippen LogP contribution in [0, 0.1) is 11.8 Å². The van der Waals surface area contributed by atoms with Gasteiger partial charge in [-0.05, 0) is 38.0 Å². The van der Waals surface area contributed by atoms with E-state index in [2.05, 4.69) is 18.7 Å². The van der Waals surface area contributed by atoms with Crippen molar-refractivity contribution in [2.75, 3.05) is 13.1 Å². The highest BCUT2D eigenvalue weighted by Crippen LogP contribution is 2.38. The molecule has 0 aromatic rings. The predicted molar refractivity (Wildman–Crippen MR) is 58.2 cm³/mol. The molecule has 1 aliphatic carbocycles. The van der Waals surface area contributed by atoms with E-state index < -0.39 is 0 Å². The fourth-order valence-electron chi connectivity index (χ4n) is 3.19. The van der Waals surface area contributed by atoms with Crippen LogP contribution < -0.4 is 0 Å². The van der Waals surface area contributed by atoms with E-state index in [-0.39, 0.29) is 6.10 Å². The average Bonchev–Trinajstić information content (AvgIpc) is 2.74. The van der Waals surface area contributed by atoms with Gasteiger partial charge in [-0.3, -0.25) is 4.90 Å². The number of aliphatic hydroxyl groups excluding tert-OH is 1. The van der Waals surface area contributed by atoms with Crippen LogP contribution in [0.5, 0.6) is 0 Å². The molecule has 1 saturated carbocycles. The van der Waals surface area contributed by atoms with Crippen LogP contribution in [0.25, 0.3) is 0 Å². The van der Waals surface area contributed by atoms with Crippen molar-refractivity contribution in [3.05, 3.63) is 0 Å². The van der Waals surface area contributed by atoms with Crippen molar-refractivity contribution in [2.24, 2.45) is 11.8 Å². The van der Waals surface area contributed by atoms with Gasteiger partial charge in [-0.15, -0.1) is 0 Å². The average molecular weight is 197 g/mol. The lowest BCUT2D eigenvalue weighted by molar-refractivity contribution is 0.0648. The summed E-state index contributed by atoms with van der Waals surface area (Å²) in [6.45, 7) is 6.72. The zero-order chi connectivity index (χ0) is 10.1. The molecule has 2 aliphatic rings. The molecule has 2 nitrogen and oxygen atoms in total. The van der Waals surface area contributed by atoms with Gasteiger partial charge in [0.05, 0.1) is 6.10 Å². The number of aliphatic hydroxyl groups is 1. The lowest BCUT2D eigenvalue weighted by Gasteiger charge is -2.28. The molecule has 0 aromatic carbocycles. The molecule has 4 atom stereocenters. The molecule has 1 N–H and O–H groups in total. The van der Waals surface area contributed by atoms with E-state index in [0.717, 1.165) is 18.3 Å². The van der Waals surface area contributed by atoms with Crippen molar-refractivity contribution in [3.63, 3.8) is 0 Å². The van der Waals surface area contributed by atoms with E-state index >= 15 is 0 Å². The quantitative estimate of drug-likeness (QED) is 0.746. The normalized spacial score (nSPS) is 37.1. The zero-order valence-corrected chi connectivity index (χ0v) is 9.45. The van der Waals surface area contributed by atoms with Gasteiger partial charge in [0, 0.05) is 19.1 Å². The predicted octanol–water partition coefficient (Wildman–Crippen LogP) is 1.88. The van der Waals surface area contributed by atoms with Crippen molar-refractivity contribution in [3.8, 4) is 0 Å². The van der Waals surface area contributed by atoms with E-state index in [9.17, 15) is 5.11 Å². The topological polar surface area (TPSA) is 23.5 Å². The van der Waals surface area contributed by atoms with Gasteiger partial charge in [-0.1, -0.05) is 13.3 Å². The van der Waals surface area contributed by atoms with Gasteiger partial charge < -0.3 is 5.11 Å². The molecule has 82 valence electrons. The maximum atomic E-state index is 9.81. The van der Waals surface area contributed by atoms with Gasteiger partial charge in [-0.25, -0.2) is 0 Å². The van der Waals surface area contributed by atoms with E-state index in [1.807, 2.05) is 0 Å². The molecule has 0 radical (unpaired) electrons. The standard InChI is InChI=1S/C12H23NO/c1-3-12(14)9(2)13-7-10-5-4-6-11(10)8-13/h9-12,14H,3-8H2,1-2H3. The first-order chi connectivity index (χ1) is 6.72. The molecule has 0 spiro atoms. The maximum absolute atomic E-state index is 9.81. The number of fused-ring (bicyclic) bond motifs is 1. The third kappa shape index (κ3) is 1.82. The smallest absolute Gasteiger partial charge is 0.0690 e. The summed E-state index contributed by atoms with van der Waals surface area (Å²) in [5.41, 5.74) is 0. The van der Waals surface area contributed by atoms with Crippen molar-refractivity contribution in [1.82, 2.24) is 4.90 Å². The van der Waals surface area contributed by atoms with Crippen LogP contribution >= 0.6 is 0 Å². The molecule has 2 rings (SSSR count). The highest BCUT2D eigenvalue weighted by molar-refractivity contribution is 4.91. The third-order valence-corrected chi connectivity index (χ3v) is 4.31. The van der Waals surface area contributed by atoms with Gasteiger partial charge in [0.25, 0.3) is 0 Å². The van der Waals surface area contributed by atoms with Gasteiger partial charge in [0.2, 0.25) is 0 Å². The van der Waals surface area contributed by atoms with Crippen LogP contribution in [0.15, 0.2) is 0 Å². The van der Waals surface area contributed by atoms with E-state index in [1.165, 1.54) is 32.4 Å². The molecule has 2 heteroatoms. The van der Waals surface area contributed by atoms with Crippen molar-refractivity contribution < 1.29 is 5.11 Å². The Bertz CT molecular complexity index is 183. The van der Waals surface area contributed by atoms with Gasteiger partial charge in [-0.2, -0.15) is 0 Å². The second-order valence-corrected chi connectivity index (χ2v) is 5.12. The molecule has 1 saturated heterocycles. The molecular weight excluding hydrogens is 174 g/mol. The highest BCUT2D eigenvalue weighted by Gasteiger charge is 2.38. The monoisotopic (exact) mass is 197 g/mol. The van der Waals surface area contributed by atoms with Crippen LogP contribution in [0.3, 0.4) is 0 Å². The largest absolute Gasteiger partial charge is 0.392 e. The summed E-state index contributed by atoms with van der Waals surface area (Å²) in [6, 6.07) is 0.366. The summed E-state index contributed by atoms with van der Waals surface area (Å²) >= 11 is 0. The second kappa shape index (κ2) is 4.19. The zero-order valence-electron chi connectivity index (χ0n) is 9.45. The van der Waals surface area contributed by atoms with Crippen molar-refractivity contribution in [2.45, 2.75) is 51.7 Å². The van der Waals surface area contributed by atoms with Crippen LogP contribution in [0.1, 0.15) is 39.5 Å². The van der Waals surface area contributed by atoms with Crippen molar-refractivity contribution in [1.29, 1.82) is 0 Å². The Labute approximate surface area is 87.3 Å². The van der Waals surface area contributed by atoms with Gasteiger partial charge >= 0.3 is 0 Å². The Morgan fingerprint density at radius 2 is 1.86 bits per heavy atom. The fourth-order valence-corrected chi connectivity index (χ4v) is 3.19. The first-order valence-corrected chi connectivity index (χ1v) is 6.14. The molecular formula is C12H23NO. The molecule has 14 heavy (non-hydrogen) atoms. The highest BCUT2D eigenvalue weighted by atomic mass is 16.3. The van der Waals surface area contributed by atoms with Crippen LogP contribution in [-0.4, -0.2) is 35.2 Å². The minimum absolute atomic E-state index is 0.131. The Hall–Kier alpha value is -0.0800. The summed E-state index contributed by atoms with van der Waals surface area (Å²) in [4.78, 5) is 2.50. The number of likely N-dealkylation sites (tertiary alicyclic amines) is 1.